The first-order chi connectivity index (χ1) is 65.6. The molecule has 2 aliphatic heterocycles. The summed E-state index contributed by atoms with van der Waals surface area (Å²) in [6, 6.07) is 144. The third-order valence-electron chi connectivity index (χ3n) is 31.0. The van der Waals surface area contributed by atoms with Crippen molar-refractivity contribution in [3.05, 3.63) is 442 Å². The summed E-state index contributed by atoms with van der Waals surface area (Å²) in [4.78, 5) is 0. The van der Waals surface area contributed by atoms with Gasteiger partial charge in [-0.05, 0) is 236 Å². The fourth-order valence-corrected chi connectivity index (χ4v) is 21.9. The van der Waals surface area contributed by atoms with E-state index in [2.05, 4.69) is 544 Å². The van der Waals surface area contributed by atoms with E-state index in [1.807, 2.05) is 0 Å². The number of fused-ring (bicyclic) bond motifs is 7. The minimum absolute atomic E-state index is 0.0922. The number of anilines is 4. The van der Waals surface area contributed by atoms with Gasteiger partial charge in [0.05, 0.1) is 16.7 Å². The van der Waals surface area contributed by atoms with Crippen molar-refractivity contribution < 1.29 is 0 Å². The molecule has 3 nitrogen and oxygen atoms in total. The summed E-state index contributed by atoms with van der Waals surface area (Å²) >= 11 is 0. The fraction of sp³-hybridized carbons (Fsp3) is 0.239. The summed E-state index contributed by atoms with van der Waals surface area (Å²) in [6.45, 7) is 54.2. The van der Waals surface area contributed by atoms with Crippen molar-refractivity contribution in [1.29, 1.82) is 0 Å². The lowest BCUT2D eigenvalue weighted by Crippen LogP contribution is -2.59. The highest BCUT2D eigenvalue weighted by Crippen LogP contribution is 2.54. The van der Waals surface area contributed by atoms with Gasteiger partial charge in [-0.15, -0.1) is 0 Å². The van der Waals surface area contributed by atoms with Gasteiger partial charge < -0.3 is 15.2 Å². The summed E-state index contributed by atoms with van der Waals surface area (Å²) in [6.07, 6.45) is 0. The summed E-state index contributed by atoms with van der Waals surface area (Å²) in [7, 11) is 0. The van der Waals surface area contributed by atoms with Crippen LogP contribution in [-0.4, -0.2) is 11.3 Å². The van der Waals surface area contributed by atoms with Crippen LogP contribution in [-0.2, 0) is 48.7 Å². The second-order valence-corrected chi connectivity index (χ2v) is 46.8. The number of aromatic nitrogens is 1. The van der Waals surface area contributed by atoms with Crippen molar-refractivity contribution in [3.63, 3.8) is 0 Å². The van der Waals surface area contributed by atoms with Crippen molar-refractivity contribution in [2.75, 3.05) is 10.6 Å². The fourth-order valence-electron chi connectivity index (χ4n) is 21.9. The van der Waals surface area contributed by atoms with Crippen molar-refractivity contribution in [2.24, 2.45) is 0 Å². The molecule has 0 amide bonds. The van der Waals surface area contributed by atoms with Gasteiger partial charge in [-0.2, -0.15) is 0 Å². The van der Waals surface area contributed by atoms with Crippen LogP contribution in [0.5, 0.6) is 0 Å². The van der Waals surface area contributed by atoms with E-state index in [0.717, 1.165) is 117 Å². The van der Waals surface area contributed by atoms with Gasteiger partial charge in [0.25, 0.3) is 6.71 Å². The largest absolute Gasteiger partial charge is 0.356 e. The number of nitrogens with zero attached hydrogens (tertiary/aromatic N) is 1. The Balaban J connectivity index is 0.964. The van der Waals surface area contributed by atoms with Gasteiger partial charge >= 0.3 is 0 Å². The van der Waals surface area contributed by atoms with Crippen LogP contribution in [0.25, 0.3) is 117 Å². The summed E-state index contributed by atoms with van der Waals surface area (Å²) in [5.41, 5.74) is 43.8. The lowest BCUT2D eigenvalue weighted by Gasteiger charge is -2.38. The number of para-hydroxylation sites is 1. The lowest BCUT2D eigenvalue weighted by atomic mass is 9.33. The lowest BCUT2D eigenvalue weighted by molar-refractivity contribution is 0.568. The first kappa shape index (κ1) is 91.9. The Morgan fingerprint density at radius 1 is 0.196 bits per heavy atom. The second-order valence-electron chi connectivity index (χ2n) is 46.8. The standard InChI is InChI=1S/C134H132BN3/c1-126(2,3)98-67-68-120-112(82-98)111-57-36-37-62-119(111)138(120)106-83-117-123-118(84-106)137-125-114(122-109(87-44-39-55-100(70-87)133(20,21)95-50-32-26-33-51-95)60-42-61-110(122)88-45-40-56-101(71-88)134(22,23)96-52-34-27-35-53-96)77-92(90-74-104(129(10,11)12)81-105(75-90)130(13,14)15)79-116(125)135(123)115-78-91(89-72-102(127(4,5)6)80-103(73-89)128(7,8)9)76-113(124(115)136-117)121-107(85-63-65-97(66-64-85)131(16,17)93-46-28-24-29-47-93)58-41-59-108(121)86-43-38-54-99(69-86)132(18,19)94-48-30-25-31-49-94/h24-84,136-137H,1-23H3. The molecule has 0 saturated carbocycles. The van der Waals surface area contributed by atoms with E-state index in [-0.39, 0.29) is 48.7 Å². The molecule has 0 saturated heterocycles. The third-order valence-corrected chi connectivity index (χ3v) is 31.0. The van der Waals surface area contributed by atoms with Gasteiger partial charge in [-0.25, -0.2) is 0 Å². The van der Waals surface area contributed by atoms with Crippen LogP contribution >= 0.6 is 0 Å². The van der Waals surface area contributed by atoms with Gasteiger partial charge in [-0.3, -0.25) is 0 Å². The Morgan fingerprint density at radius 2 is 0.486 bits per heavy atom. The molecule has 0 radical (unpaired) electrons. The average Bonchev–Trinajstić information content (AvgIpc) is 0.957. The zero-order valence-corrected chi connectivity index (χ0v) is 85.2. The van der Waals surface area contributed by atoms with Crippen molar-refractivity contribution in [1.82, 2.24) is 4.57 Å². The Morgan fingerprint density at radius 3 is 0.848 bits per heavy atom. The predicted molar refractivity (Wildman–Crippen MR) is 596 cm³/mol. The quantitative estimate of drug-likeness (QED) is 0.0890. The highest BCUT2D eigenvalue weighted by atomic mass is 15.0. The van der Waals surface area contributed by atoms with Crippen LogP contribution in [0.2, 0.25) is 0 Å². The maximum Gasteiger partial charge on any atom is 0.252 e. The first-order valence-corrected chi connectivity index (χ1v) is 49.9. The molecule has 0 bridgehead atoms. The molecule has 2 N–H and O–H groups in total. The van der Waals surface area contributed by atoms with Crippen LogP contribution in [0.4, 0.5) is 22.7 Å². The van der Waals surface area contributed by atoms with E-state index in [4.69, 9.17) is 0 Å². The Kier molecular flexibility index (Phi) is 22.7. The maximum atomic E-state index is 4.63. The van der Waals surface area contributed by atoms with Gasteiger partial charge in [0.2, 0.25) is 0 Å². The van der Waals surface area contributed by atoms with Crippen LogP contribution in [0.3, 0.4) is 0 Å². The molecule has 0 unspecified atom stereocenters. The number of nitrogens with one attached hydrogen (secondary N) is 2. The number of benzene rings is 17. The zero-order valence-electron chi connectivity index (χ0n) is 85.2. The molecule has 1 aromatic heterocycles. The first-order valence-electron chi connectivity index (χ1n) is 49.9. The van der Waals surface area contributed by atoms with Crippen LogP contribution in [0.15, 0.2) is 370 Å². The van der Waals surface area contributed by atoms with Gasteiger partial charge in [0.1, 0.15) is 0 Å². The molecule has 686 valence electrons. The van der Waals surface area contributed by atoms with E-state index in [9.17, 15) is 0 Å². The number of hydrogen-bond acceptors (Lipinski definition) is 2. The molecule has 3 heterocycles. The van der Waals surface area contributed by atoms with Gasteiger partial charge in [0.15, 0.2) is 0 Å². The van der Waals surface area contributed by atoms with Gasteiger partial charge in [-0.1, -0.05) is 487 Å². The normalized spacial score (nSPS) is 13.1. The molecule has 20 rings (SSSR count). The molecule has 0 atom stereocenters. The third kappa shape index (κ3) is 16.7. The average molecular weight is 1800 g/mol. The second kappa shape index (κ2) is 34.1. The summed E-state index contributed by atoms with van der Waals surface area (Å²) in [5, 5.41) is 11.7. The molecule has 0 spiro atoms. The van der Waals surface area contributed by atoms with E-state index >= 15 is 0 Å². The van der Waals surface area contributed by atoms with Crippen LogP contribution < -0.4 is 27.0 Å². The predicted octanol–water partition coefficient (Wildman–Crippen LogP) is 34.5. The Labute approximate surface area is 822 Å². The molecular formula is C134H132BN3. The molecule has 138 heavy (non-hydrogen) atoms. The molecule has 17 aromatic carbocycles. The zero-order chi connectivity index (χ0) is 96.9. The van der Waals surface area contributed by atoms with Gasteiger partial charge in [0, 0.05) is 66.3 Å². The monoisotopic (exact) mass is 1790 g/mol. The number of hydrogen-bond donors (Lipinski definition) is 2. The van der Waals surface area contributed by atoms with Crippen molar-refractivity contribution in [3.8, 4) is 94.7 Å². The minimum atomic E-state index is -0.409. The highest BCUT2D eigenvalue weighted by Gasteiger charge is 2.44. The van der Waals surface area contributed by atoms with Crippen molar-refractivity contribution in [2.45, 2.75) is 208 Å². The van der Waals surface area contributed by atoms with E-state index in [0.29, 0.717) is 0 Å². The van der Waals surface area contributed by atoms with Crippen LogP contribution in [0, 0.1) is 0 Å². The molecular weight excluding hydrogens is 1660 g/mol. The minimum Gasteiger partial charge on any atom is -0.356 e. The van der Waals surface area contributed by atoms with Crippen molar-refractivity contribution >= 4 is 67.7 Å². The van der Waals surface area contributed by atoms with E-state index < -0.39 is 6.71 Å². The topological polar surface area (TPSA) is 29.0 Å². The highest BCUT2D eigenvalue weighted by molar-refractivity contribution is 7.00. The molecule has 2 aliphatic rings. The summed E-state index contributed by atoms with van der Waals surface area (Å²) in [5.74, 6) is 0. The molecule has 0 aliphatic carbocycles. The smallest absolute Gasteiger partial charge is 0.252 e. The number of rotatable bonds is 17. The molecule has 4 heteroatoms. The van der Waals surface area contributed by atoms with Crippen LogP contribution in [0.1, 0.15) is 232 Å². The molecule has 0 fully saturated rings. The Hall–Kier alpha value is -13.8. The SMILES string of the molecule is CC(C)(C)c1cc(-c2cc3c(c(-c4c(-c5ccc(C(C)(C)c6ccccc6)cc5)cccc4-c4cccc(C(C)(C)c5ccccc5)c4)c2)Nc2cc(-n4c5ccccc5c5cc(C(C)(C)C)ccc54)cc4c2B3c2cc(-c3cc(C(C)(C)C)cc(C(C)(C)C)c3)cc(-c3c(-c5cccc(C(C)(C)c6ccccc6)c5)cccc3-c3cccc(C(C)(C)c5ccccc5)c3)c2N4)cc(C(C)(C)C)c1. The van der Waals surface area contributed by atoms with E-state index in [1.165, 1.54) is 111 Å². The van der Waals surface area contributed by atoms with E-state index in [1.54, 1.807) is 0 Å². The maximum absolute atomic E-state index is 4.63. The Bertz CT molecular complexity index is 7590. The summed E-state index contributed by atoms with van der Waals surface area (Å²) < 4.78 is 2.55. The molecule has 18 aromatic rings.